The number of ether oxygens (including phenoxy) is 1. The zero-order chi connectivity index (χ0) is 27.0. The molecule has 0 saturated heterocycles. The number of amides is 1. The molecule has 0 bridgehead atoms. The van der Waals surface area contributed by atoms with Crippen LogP contribution in [0.1, 0.15) is 33.2 Å². The third kappa shape index (κ3) is 6.49. The van der Waals surface area contributed by atoms with Crippen molar-refractivity contribution in [1.29, 1.82) is 0 Å². The summed E-state index contributed by atoms with van der Waals surface area (Å²) >= 11 is 0. The van der Waals surface area contributed by atoms with Crippen molar-refractivity contribution >= 4 is 17.5 Å². The van der Waals surface area contributed by atoms with Crippen molar-refractivity contribution in [3.05, 3.63) is 126 Å². The summed E-state index contributed by atoms with van der Waals surface area (Å²) in [7, 11) is 0. The van der Waals surface area contributed by atoms with Crippen LogP contribution >= 0.6 is 0 Å². The van der Waals surface area contributed by atoms with Crippen LogP contribution in [0.3, 0.4) is 0 Å². The summed E-state index contributed by atoms with van der Waals surface area (Å²) in [6.45, 7) is 2.22. The van der Waals surface area contributed by atoms with E-state index in [1.807, 2.05) is 91.9 Å². The Bertz CT molecular complexity index is 1520. The number of nitrogens with one attached hydrogen (secondary N) is 3. The normalized spacial score (nSPS) is 11.5. The van der Waals surface area contributed by atoms with Crippen molar-refractivity contribution in [3.8, 4) is 17.0 Å². The quantitative estimate of drug-likeness (QED) is 0.192. The van der Waals surface area contributed by atoms with Crippen LogP contribution in [0.2, 0.25) is 0 Å². The molecule has 8 heteroatoms. The number of H-pyrrole nitrogens is 1. The molecule has 0 radical (unpaired) electrons. The Kier molecular flexibility index (Phi) is 7.95. The second-order valence-electron chi connectivity index (χ2n) is 9.07. The van der Waals surface area contributed by atoms with Crippen LogP contribution in [0, 0.1) is 6.92 Å². The summed E-state index contributed by atoms with van der Waals surface area (Å²) in [5.74, 6) is 0.887. The zero-order valence-electron chi connectivity index (χ0n) is 21.5. The number of hydrogen-bond acceptors (Lipinski definition) is 6. The first kappa shape index (κ1) is 25.7. The zero-order valence-corrected chi connectivity index (χ0v) is 21.5. The van der Waals surface area contributed by atoms with Crippen LogP contribution in [0.5, 0.6) is 5.75 Å². The van der Waals surface area contributed by atoms with E-state index in [1.165, 1.54) is 0 Å². The van der Waals surface area contributed by atoms with Gasteiger partial charge in [-0.15, -0.1) is 0 Å². The fourth-order valence-corrected chi connectivity index (χ4v) is 4.12. The molecule has 0 unspecified atom stereocenters. The summed E-state index contributed by atoms with van der Waals surface area (Å²) in [6, 6.07) is 28.2. The Morgan fingerprint density at radius 2 is 1.72 bits per heavy atom. The van der Waals surface area contributed by atoms with Crippen LogP contribution in [0.4, 0.5) is 11.6 Å². The number of carbonyl (C=O) groups excluding carboxylic acids is 1. The first-order valence-electron chi connectivity index (χ1n) is 12.6. The Labute approximate surface area is 226 Å². The first-order chi connectivity index (χ1) is 19.1. The van der Waals surface area contributed by atoms with Crippen LogP contribution in [0.25, 0.3) is 11.3 Å². The van der Waals surface area contributed by atoms with Gasteiger partial charge in [0.25, 0.3) is 5.91 Å². The van der Waals surface area contributed by atoms with Gasteiger partial charge in [0.2, 0.25) is 5.95 Å². The predicted octanol–water partition coefficient (Wildman–Crippen LogP) is 5.57. The summed E-state index contributed by atoms with van der Waals surface area (Å²) < 4.78 is 5.86. The molecule has 0 aliphatic rings. The van der Waals surface area contributed by atoms with Crippen molar-refractivity contribution in [1.82, 2.24) is 20.3 Å². The highest BCUT2D eigenvalue weighted by Gasteiger charge is 2.17. The molecule has 5 aromatic rings. The second-order valence-corrected chi connectivity index (χ2v) is 9.07. The molecule has 0 saturated carbocycles. The average molecular weight is 520 g/mol. The lowest BCUT2D eigenvalue weighted by atomic mass is 10.1. The van der Waals surface area contributed by atoms with E-state index in [-0.39, 0.29) is 12.5 Å². The Balaban J connectivity index is 1.25. The number of anilines is 2. The second kappa shape index (κ2) is 12.1. The number of aliphatic hydroxyl groups is 1. The molecule has 0 fully saturated rings. The van der Waals surface area contributed by atoms with Crippen molar-refractivity contribution in [2.75, 3.05) is 11.9 Å². The number of carbonyl (C=O) groups is 1. The third-order valence-corrected chi connectivity index (χ3v) is 6.22. The number of aromatic nitrogens is 3. The van der Waals surface area contributed by atoms with E-state index < -0.39 is 6.04 Å². The molecule has 1 atom stereocenters. The predicted molar refractivity (Wildman–Crippen MR) is 151 cm³/mol. The fourth-order valence-electron chi connectivity index (χ4n) is 4.12. The molecule has 2 heterocycles. The molecule has 39 heavy (non-hydrogen) atoms. The maximum Gasteiger partial charge on any atom is 0.268 e. The van der Waals surface area contributed by atoms with Gasteiger partial charge in [-0.05, 0) is 53.9 Å². The van der Waals surface area contributed by atoms with Crippen LogP contribution in [0.15, 0.2) is 103 Å². The van der Waals surface area contributed by atoms with Gasteiger partial charge in [0.1, 0.15) is 18.1 Å². The molecule has 2 aromatic heterocycles. The van der Waals surface area contributed by atoms with E-state index in [4.69, 9.17) is 4.74 Å². The number of aromatic amines is 1. The summed E-state index contributed by atoms with van der Waals surface area (Å²) in [4.78, 5) is 25.0. The topological polar surface area (TPSA) is 112 Å². The minimum Gasteiger partial charge on any atom is -0.489 e. The highest BCUT2D eigenvalue weighted by molar-refractivity contribution is 5.94. The van der Waals surface area contributed by atoms with Gasteiger partial charge in [0, 0.05) is 23.6 Å². The Morgan fingerprint density at radius 1 is 1.00 bits per heavy atom. The number of benzene rings is 3. The minimum absolute atomic E-state index is 0.205. The summed E-state index contributed by atoms with van der Waals surface area (Å²) in [5, 5.41) is 15.9. The maximum atomic E-state index is 12.9. The Morgan fingerprint density at radius 3 is 2.44 bits per heavy atom. The van der Waals surface area contributed by atoms with Gasteiger partial charge in [0.05, 0.1) is 18.3 Å². The van der Waals surface area contributed by atoms with Gasteiger partial charge in [-0.3, -0.25) is 4.79 Å². The minimum atomic E-state index is -0.503. The summed E-state index contributed by atoms with van der Waals surface area (Å²) in [5.41, 5.74) is 5.46. The van der Waals surface area contributed by atoms with Crippen molar-refractivity contribution in [2.24, 2.45) is 0 Å². The average Bonchev–Trinajstić information content (AvgIpc) is 3.48. The largest absolute Gasteiger partial charge is 0.489 e. The number of hydrogen-bond donors (Lipinski definition) is 4. The summed E-state index contributed by atoms with van der Waals surface area (Å²) in [6.07, 6.45) is 3.48. The van der Waals surface area contributed by atoms with E-state index in [9.17, 15) is 9.90 Å². The molecular weight excluding hydrogens is 490 g/mol. The van der Waals surface area contributed by atoms with E-state index in [1.54, 1.807) is 18.5 Å². The van der Waals surface area contributed by atoms with Gasteiger partial charge >= 0.3 is 0 Å². The van der Waals surface area contributed by atoms with Gasteiger partial charge in [-0.2, -0.15) is 0 Å². The maximum absolute atomic E-state index is 12.9. The molecule has 0 aliphatic carbocycles. The molecule has 0 spiro atoms. The molecule has 0 aliphatic heterocycles. The van der Waals surface area contributed by atoms with E-state index in [0.717, 1.165) is 33.7 Å². The third-order valence-electron chi connectivity index (χ3n) is 6.22. The smallest absolute Gasteiger partial charge is 0.268 e. The van der Waals surface area contributed by atoms with Crippen molar-refractivity contribution in [2.45, 2.75) is 19.6 Å². The fraction of sp³-hybridized carbons (Fsp3) is 0.129. The first-order valence-corrected chi connectivity index (χ1v) is 12.6. The monoisotopic (exact) mass is 519 g/mol. The van der Waals surface area contributed by atoms with Gasteiger partial charge in [-0.1, -0.05) is 60.7 Å². The number of rotatable bonds is 10. The van der Waals surface area contributed by atoms with Crippen LogP contribution in [-0.2, 0) is 6.61 Å². The molecule has 3 aromatic carbocycles. The number of aliphatic hydroxyl groups excluding tert-OH is 1. The molecular formula is C31H29N5O3. The standard InChI is InChI=1S/C31H29N5O3/c1-21-17-33-31(34-25-12-14-26(15-13-25)39-20-22-8-4-2-5-9-22)36-29(21)24-16-27(32-18-24)30(38)35-28(19-37)23-10-6-3-7-11-23/h2-18,28,32,37H,19-20H2,1H3,(H,35,38)(H,33,34,36)/t28-/m1/s1. The van der Waals surface area contributed by atoms with Gasteiger partial charge in [-0.25, -0.2) is 9.97 Å². The van der Waals surface area contributed by atoms with E-state index in [0.29, 0.717) is 23.9 Å². The van der Waals surface area contributed by atoms with E-state index in [2.05, 4.69) is 25.6 Å². The van der Waals surface area contributed by atoms with Crippen LogP contribution in [-0.4, -0.2) is 32.6 Å². The van der Waals surface area contributed by atoms with Crippen LogP contribution < -0.4 is 15.4 Å². The molecule has 196 valence electrons. The van der Waals surface area contributed by atoms with Crippen molar-refractivity contribution in [3.63, 3.8) is 0 Å². The van der Waals surface area contributed by atoms with E-state index >= 15 is 0 Å². The van der Waals surface area contributed by atoms with Crippen molar-refractivity contribution < 1.29 is 14.6 Å². The molecule has 1 amide bonds. The SMILES string of the molecule is Cc1cnc(Nc2ccc(OCc3ccccc3)cc2)nc1-c1c[nH]c(C(=O)N[C@H](CO)c2ccccc2)c1. The lowest BCUT2D eigenvalue weighted by Gasteiger charge is -2.16. The lowest BCUT2D eigenvalue weighted by Crippen LogP contribution is -2.30. The number of aryl methyl sites for hydroxylation is 1. The van der Waals surface area contributed by atoms with Gasteiger partial charge < -0.3 is 25.5 Å². The lowest BCUT2D eigenvalue weighted by molar-refractivity contribution is 0.0911. The Hall–Kier alpha value is -4.95. The molecule has 8 nitrogen and oxygen atoms in total. The molecule has 4 N–H and O–H groups in total. The highest BCUT2D eigenvalue weighted by Crippen LogP contribution is 2.25. The molecule has 5 rings (SSSR count). The highest BCUT2D eigenvalue weighted by atomic mass is 16.5. The number of nitrogens with zero attached hydrogens (tertiary/aromatic N) is 2. The van der Waals surface area contributed by atoms with Gasteiger partial charge in [0.15, 0.2) is 0 Å².